The maximum atomic E-state index is 12.3. The van der Waals surface area contributed by atoms with Gasteiger partial charge < -0.3 is 15.7 Å². The van der Waals surface area contributed by atoms with E-state index in [-0.39, 0.29) is 30.6 Å². The molecule has 0 saturated carbocycles. The molecule has 0 saturated heterocycles. The monoisotopic (exact) mass is 302 g/mol. The molecule has 0 radical (unpaired) electrons. The largest absolute Gasteiger partial charge is 0.396 e. The molecule has 0 spiro atoms. The number of amides is 2. The maximum Gasteiger partial charge on any atom is 0.315 e. The Morgan fingerprint density at radius 3 is 2.64 bits per heavy atom. The summed E-state index contributed by atoms with van der Waals surface area (Å²) in [5.41, 5.74) is 2.34. The van der Waals surface area contributed by atoms with Crippen LogP contribution in [0.1, 0.15) is 37.4 Å². The van der Waals surface area contributed by atoms with Gasteiger partial charge in [-0.15, -0.1) is 0 Å². The number of aliphatic hydroxyl groups is 1. The topological polar surface area (TPSA) is 61.4 Å². The van der Waals surface area contributed by atoms with Crippen molar-refractivity contribution in [1.29, 1.82) is 0 Å². The van der Waals surface area contributed by atoms with Gasteiger partial charge in [0, 0.05) is 18.6 Å². The van der Waals surface area contributed by atoms with Crippen LogP contribution in [0.5, 0.6) is 0 Å². The zero-order valence-corrected chi connectivity index (χ0v) is 13.5. The number of hydrogen-bond donors (Lipinski definition) is 3. The predicted octanol–water partition coefficient (Wildman–Crippen LogP) is 2.93. The number of aliphatic hydroxyl groups excluding tert-OH is 1. The third-order valence-electron chi connectivity index (χ3n) is 4.20. The van der Waals surface area contributed by atoms with Crippen molar-refractivity contribution in [2.45, 2.75) is 39.3 Å². The van der Waals surface area contributed by atoms with Crippen molar-refractivity contribution >= 4 is 6.03 Å². The molecule has 3 N–H and O–H groups in total. The van der Waals surface area contributed by atoms with Gasteiger partial charge in [-0.3, -0.25) is 0 Å². The van der Waals surface area contributed by atoms with Gasteiger partial charge in [-0.25, -0.2) is 4.79 Å². The summed E-state index contributed by atoms with van der Waals surface area (Å²) in [4.78, 5) is 12.3. The summed E-state index contributed by atoms with van der Waals surface area (Å²) in [6.07, 6.45) is 4.69. The molecule has 3 atom stereocenters. The number of benzene rings is 1. The van der Waals surface area contributed by atoms with E-state index in [1.807, 2.05) is 24.3 Å². The van der Waals surface area contributed by atoms with Crippen LogP contribution in [0.4, 0.5) is 4.79 Å². The van der Waals surface area contributed by atoms with Gasteiger partial charge in [0.05, 0.1) is 6.04 Å². The smallest absolute Gasteiger partial charge is 0.315 e. The number of aryl methyl sites for hydroxylation is 1. The summed E-state index contributed by atoms with van der Waals surface area (Å²) < 4.78 is 0. The Bertz CT molecular complexity index is 540. The highest BCUT2D eigenvalue weighted by atomic mass is 16.3. The first-order valence-corrected chi connectivity index (χ1v) is 7.93. The summed E-state index contributed by atoms with van der Waals surface area (Å²) in [5, 5.41) is 15.2. The van der Waals surface area contributed by atoms with E-state index in [0.717, 1.165) is 12.0 Å². The Morgan fingerprint density at radius 1 is 1.32 bits per heavy atom. The van der Waals surface area contributed by atoms with E-state index in [1.54, 1.807) is 0 Å². The van der Waals surface area contributed by atoms with Crippen LogP contribution in [0.25, 0.3) is 0 Å². The molecule has 2 rings (SSSR count). The first kappa shape index (κ1) is 16.6. The third-order valence-corrected chi connectivity index (χ3v) is 4.20. The van der Waals surface area contributed by atoms with E-state index < -0.39 is 0 Å². The standard InChI is InChI=1S/C18H26N2O2/c1-12(2)17(16-7-5-4-6-13(16)3)20-18(22)19-15-9-8-14(10-15)11-21/h4-9,12,14-15,17,21H,10-11H2,1-3H3,(H2,19,20,22)/t14-,15+,17?/m0/s1. The van der Waals surface area contributed by atoms with Crippen LogP contribution in [-0.4, -0.2) is 23.8 Å². The molecule has 0 heterocycles. The fourth-order valence-electron chi connectivity index (χ4n) is 2.91. The molecule has 4 heteroatoms. The van der Waals surface area contributed by atoms with Gasteiger partial charge in [0.1, 0.15) is 0 Å². The molecule has 0 bridgehead atoms. The molecule has 1 aliphatic carbocycles. The molecular weight excluding hydrogens is 276 g/mol. The SMILES string of the molecule is Cc1ccccc1C(NC(=O)N[C@@H]1C=C[C@H](CO)C1)C(C)C. The molecule has 1 aromatic carbocycles. The van der Waals surface area contributed by atoms with Crippen LogP contribution in [0.3, 0.4) is 0 Å². The van der Waals surface area contributed by atoms with Crippen molar-refractivity contribution < 1.29 is 9.90 Å². The number of nitrogens with one attached hydrogen (secondary N) is 2. The van der Waals surface area contributed by atoms with Crippen molar-refractivity contribution in [3.63, 3.8) is 0 Å². The summed E-state index contributed by atoms with van der Waals surface area (Å²) >= 11 is 0. The lowest BCUT2D eigenvalue weighted by Gasteiger charge is -2.25. The van der Waals surface area contributed by atoms with Crippen molar-refractivity contribution in [3.8, 4) is 0 Å². The lowest BCUT2D eigenvalue weighted by molar-refractivity contribution is 0.225. The molecule has 0 aliphatic heterocycles. The molecule has 0 fully saturated rings. The average Bonchev–Trinajstić information content (AvgIpc) is 2.93. The zero-order chi connectivity index (χ0) is 16.1. The first-order valence-electron chi connectivity index (χ1n) is 7.93. The van der Waals surface area contributed by atoms with Crippen molar-refractivity contribution in [2.24, 2.45) is 11.8 Å². The summed E-state index contributed by atoms with van der Waals surface area (Å²) in [6.45, 7) is 6.41. The summed E-state index contributed by atoms with van der Waals surface area (Å²) in [6, 6.07) is 7.97. The van der Waals surface area contributed by atoms with Gasteiger partial charge in [-0.1, -0.05) is 50.3 Å². The minimum absolute atomic E-state index is 0.00170. The zero-order valence-electron chi connectivity index (χ0n) is 13.5. The van der Waals surface area contributed by atoms with Crippen molar-refractivity contribution in [3.05, 3.63) is 47.5 Å². The number of rotatable bonds is 5. The molecule has 2 amide bonds. The number of urea groups is 1. The first-order chi connectivity index (χ1) is 10.5. The highest BCUT2D eigenvalue weighted by Gasteiger charge is 2.23. The number of hydrogen-bond acceptors (Lipinski definition) is 2. The van der Waals surface area contributed by atoms with E-state index in [4.69, 9.17) is 5.11 Å². The van der Waals surface area contributed by atoms with E-state index in [9.17, 15) is 4.79 Å². The minimum atomic E-state index is -0.157. The van der Waals surface area contributed by atoms with Gasteiger partial charge in [0.25, 0.3) is 0 Å². The molecule has 4 nitrogen and oxygen atoms in total. The van der Waals surface area contributed by atoms with Gasteiger partial charge >= 0.3 is 6.03 Å². The third kappa shape index (κ3) is 4.10. The lowest BCUT2D eigenvalue weighted by Crippen LogP contribution is -2.43. The molecule has 1 aromatic rings. The maximum absolute atomic E-state index is 12.3. The molecule has 1 unspecified atom stereocenters. The fraction of sp³-hybridized carbons (Fsp3) is 0.500. The fourth-order valence-corrected chi connectivity index (χ4v) is 2.91. The van der Waals surface area contributed by atoms with Crippen molar-refractivity contribution in [1.82, 2.24) is 10.6 Å². The summed E-state index contributed by atoms with van der Waals surface area (Å²) in [7, 11) is 0. The van der Waals surface area contributed by atoms with Crippen LogP contribution in [0, 0.1) is 18.8 Å². The minimum Gasteiger partial charge on any atom is -0.396 e. The average molecular weight is 302 g/mol. The van der Waals surface area contributed by atoms with Crippen LogP contribution in [0.2, 0.25) is 0 Å². The second-order valence-corrected chi connectivity index (χ2v) is 6.37. The Balaban J connectivity index is 1.99. The van der Waals surface area contributed by atoms with E-state index in [0.29, 0.717) is 5.92 Å². The molecule has 22 heavy (non-hydrogen) atoms. The molecule has 1 aliphatic rings. The van der Waals surface area contributed by atoms with Gasteiger partial charge in [-0.05, 0) is 30.4 Å². The highest BCUT2D eigenvalue weighted by molar-refractivity contribution is 5.75. The Morgan fingerprint density at radius 2 is 2.05 bits per heavy atom. The van der Waals surface area contributed by atoms with Crippen molar-refractivity contribution in [2.75, 3.05) is 6.61 Å². The molecule has 120 valence electrons. The predicted molar refractivity (Wildman–Crippen MR) is 88.5 cm³/mol. The highest BCUT2D eigenvalue weighted by Crippen LogP contribution is 2.24. The second-order valence-electron chi connectivity index (χ2n) is 6.37. The molecular formula is C18H26N2O2. The Kier molecular flexibility index (Phi) is 5.61. The van der Waals surface area contributed by atoms with Crippen LogP contribution in [0.15, 0.2) is 36.4 Å². The Labute approximate surface area is 132 Å². The Hall–Kier alpha value is -1.81. The summed E-state index contributed by atoms with van der Waals surface area (Å²) in [5.74, 6) is 0.457. The van der Waals surface area contributed by atoms with Gasteiger partial charge in [0.2, 0.25) is 0 Å². The van der Waals surface area contributed by atoms with E-state index in [1.165, 1.54) is 5.56 Å². The second kappa shape index (κ2) is 7.45. The lowest BCUT2D eigenvalue weighted by atomic mass is 9.93. The molecule has 0 aromatic heterocycles. The number of carbonyl (C=O) groups excluding carboxylic acids is 1. The van der Waals surface area contributed by atoms with Crippen LogP contribution >= 0.6 is 0 Å². The number of carbonyl (C=O) groups is 1. The van der Waals surface area contributed by atoms with Gasteiger partial charge in [-0.2, -0.15) is 0 Å². The van der Waals surface area contributed by atoms with Crippen LogP contribution < -0.4 is 10.6 Å². The normalized spacial score (nSPS) is 21.9. The van der Waals surface area contributed by atoms with E-state index >= 15 is 0 Å². The van der Waals surface area contributed by atoms with Crippen LogP contribution in [-0.2, 0) is 0 Å². The van der Waals surface area contributed by atoms with E-state index in [2.05, 4.69) is 43.5 Å². The van der Waals surface area contributed by atoms with Gasteiger partial charge in [0.15, 0.2) is 0 Å². The quantitative estimate of drug-likeness (QED) is 0.732.